The summed E-state index contributed by atoms with van der Waals surface area (Å²) >= 11 is 4.53. The number of carbonyl (C=O) groups excluding carboxylic acids is 2. The van der Waals surface area contributed by atoms with Crippen molar-refractivity contribution in [2.75, 3.05) is 18.6 Å². The molecule has 5 rings (SSSR count). The van der Waals surface area contributed by atoms with Crippen LogP contribution in [0.2, 0.25) is 0 Å². The van der Waals surface area contributed by atoms with Gasteiger partial charge in [-0.15, -0.1) is 0 Å². The van der Waals surface area contributed by atoms with Gasteiger partial charge >= 0.3 is 0 Å². The Balaban J connectivity index is 1.74. The first kappa shape index (κ1) is 26.1. The molecular formula is C28H25BrN2O6S. The quantitative estimate of drug-likeness (QED) is 0.230. The Morgan fingerprint density at radius 1 is 1.18 bits per heavy atom. The first-order chi connectivity index (χ1) is 18.1. The minimum atomic E-state index is -0.851. The monoisotopic (exact) mass is 596 g/mol. The highest BCUT2D eigenvalue weighted by atomic mass is 79.9. The van der Waals surface area contributed by atoms with Gasteiger partial charge in [-0.2, -0.15) is 0 Å². The third-order valence-corrected chi connectivity index (χ3v) is 7.97. The second kappa shape index (κ2) is 9.99. The Hall–Kier alpha value is -3.50. The summed E-state index contributed by atoms with van der Waals surface area (Å²) in [5, 5.41) is 0.652. The highest BCUT2D eigenvalue weighted by Gasteiger charge is 2.45. The number of Topliss-reactive ketones (excluding diaryl/α,β-unsaturated/α-hetero) is 1. The molecule has 3 heterocycles. The summed E-state index contributed by atoms with van der Waals surface area (Å²) in [6, 6.07) is 9.55. The Morgan fingerprint density at radius 2 is 1.95 bits per heavy atom. The summed E-state index contributed by atoms with van der Waals surface area (Å²) < 4.78 is 18.3. The highest BCUT2D eigenvalue weighted by molar-refractivity contribution is 9.10. The largest absolute Gasteiger partial charge is 0.493 e. The number of carbonyl (C=O) groups is 2. The van der Waals surface area contributed by atoms with Crippen LogP contribution in [-0.4, -0.2) is 30.4 Å². The van der Waals surface area contributed by atoms with Gasteiger partial charge in [0.15, 0.2) is 27.8 Å². The first-order valence-electron chi connectivity index (χ1n) is 12.0. The average molecular weight is 597 g/mol. The van der Waals surface area contributed by atoms with Crippen molar-refractivity contribution in [1.82, 2.24) is 4.98 Å². The van der Waals surface area contributed by atoms with Gasteiger partial charge in [-0.25, -0.2) is 4.98 Å². The number of ketones is 1. The van der Waals surface area contributed by atoms with E-state index in [0.717, 1.165) is 11.3 Å². The maximum Gasteiger partial charge on any atom is 0.297 e. The van der Waals surface area contributed by atoms with Gasteiger partial charge in [-0.05, 0) is 48.7 Å². The summed E-state index contributed by atoms with van der Waals surface area (Å²) in [7, 11) is 1.54. The van der Waals surface area contributed by atoms with E-state index in [2.05, 4.69) is 20.9 Å². The van der Waals surface area contributed by atoms with Crippen molar-refractivity contribution in [2.45, 2.75) is 33.7 Å². The summed E-state index contributed by atoms with van der Waals surface area (Å²) in [4.78, 5) is 46.3. The van der Waals surface area contributed by atoms with Crippen LogP contribution < -0.4 is 19.8 Å². The molecule has 0 saturated heterocycles. The van der Waals surface area contributed by atoms with Crippen molar-refractivity contribution < 1.29 is 23.5 Å². The van der Waals surface area contributed by atoms with E-state index in [1.165, 1.54) is 18.9 Å². The SMILES string of the molecule is COc1cc(C2c3c(oc4ccc(Br)cc4c3=O)C(=O)N2c2nc(C)c(C(C)=O)s2)ccc1OCC(C)C. The smallest absolute Gasteiger partial charge is 0.297 e. The van der Waals surface area contributed by atoms with E-state index >= 15 is 0 Å². The Labute approximate surface area is 231 Å². The van der Waals surface area contributed by atoms with Crippen LogP contribution >= 0.6 is 27.3 Å². The number of benzene rings is 2. The molecule has 0 spiro atoms. The van der Waals surface area contributed by atoms with Crippen LogP contribution in [0.25, 0.3) is 11.0 Å². The lowest BCUT2D eigenvalue weighted by atomic mass is 9.98. The van der Waals surface area contributed by atoms with Gasteiger partial charge in [0.05, 0.1) is 41.3 Å². The Bertz CT molecular complexity index is 1660. The number of rotatable bonds is 7. The number of fused-ring (bicyclic) bond motifs is 2. The lowest BCUT2D eigenvalue weighted by Gasteiger charge is -2.23. The maximum absolute atomic E-state index is 13.9. The number of aryl methyl sites for hydroxylation is 1. The molecule has 0 aliphatic carbocycles. The normalized spacial score (nSPS) is 14.9. The Kier molecular flexibility index (Phi) is 6.87. The number of methoxy groups -OCH3 is 1. The molecule has 0 saturated carbocycles. The van der Waals surface area contributed by atoms with E-state index < -0.39 is 11.9 Å². The third-order valence-electron chi connectivity index (χ3n) is 6.22. The predicted octanol–water partition coefficient (Wildman–Crippen LogP) is 6.32. The van der Waals surface area contributed by atoms with E-state index in [1.54, 1.807) is 43.3 Å². The van der Waals surface area contributed by atoms with Crippen LogP contribution in [-0.2, 0) is 0 Å². The van der Waals surface area contributed by atoms with Crippen molar-refractivity contribution >= 4 is 55.1 Å². The van der Waals surface area contributed by atoms with Gasteiger partial charge in [0.1, 0.15) is 5.58 Å². The zero-order valence-corrected chi connectivity index (χ0v) is 23.9. The summed E-state index contributed by atoms with van der Waals surface area (Å²) in [6.07, 6.45) is 0. The number of anilines is 1. The van der Waals surface area contributed by atoms with Gasteiger partial charge < -0.3 is 13.9 Å². The lowest BCUT2D eigenvalue weighted by molar-refractivity contribution is 0.0969. The number of aromatic nitrogens is 1. The zero-order chi connectivity index (χ0) is 27.3. The number of nitrogens with zero attached hydrogens (tertiary/aromatic N) is 2. The maximum atomic E-state index is 13.9. The molecule has 0 N–H and O–H groups in total. The fourth-order valence-electron chi connectivity index (χ4n) is 4.50. The van der Waals surface area contributed by atoms with Gasteiger partial charge in [-0.1, -0.05) is 47.2 Å². The van der Waals surface area contributed by atoms with E-state index in [0.29, 0.717) is 60.7 Å². The molecule has 196 valence electrons. The molecule has 0 fully saturated rings. The number of hydrogen-bond donors (Lipinski definition) is 0. The molecule has 2 aromatic carbocycles. The summed E-state index contributed by atoms with van der Waals surface area (Å²) in [5.74, 6) is 0.636. The second-order valence-corrected chi connectivity index (χ2v) is 11.4. The van der Waals surface area contributed by atoms with Crippen LogP contribution in [0.3, 0.4) is 0 Å². The number of ether oxygens (including phenoxy) is 2. The molecule has 4 aromatic rings. The van der Waals surface area contributed by atoms with Crippen molar-refractivity contribution in [3.05, 3.63) is 78.6 Å². The molecule has 0 bridgehead atoms. The van der Waals surface area contributed by atoms with Gasteiger partial charge in [0.2, 0.25) is 5.76 Å². The predicted molar refractivity (Wildman–Crippen MR) is 149 cm³/mol. The topological polar surface area (TPSA) is 98.9 Å². The molecular weight excluding hydrogens is 572 g/mol. The van der Waals surface area contributed by atoms with E-state index in [4.69, 9.17) is 13.9 Å². The van der Waals surface area contributed by atoms with Crippen molar-refractivity contribution in [1.29, 1.82) is 0 Å². The molecule has 1 aliphatic heterocycles. The van der Waals surface area contributed by atoms with E-state index in [-0.39, 0.29) is 22.5 Å². The van der Waals surface area contributed by atoms with Crippen molar-refractivity contribution in [3.8, 4) is 11.5 Å². The highest BCUT2D eigenvalue weighted by Crippen LogP contribution is 2.45. The number of halogens is 1. The lowest BCUT2D eigenvalue weighted by Crippen LogP contribution is -2.29. The van der Waals surface area contributed by atoms with Crippen LogP contribution in [0.15, 0.2) is 50.1 Å². The molecule has 2 aromatic heterocycles. The Morgan fingerprint density at radius 3 is 2.61 bits per heavy atom. The first-order valence-corrected chi connectivity index (χ1v) is 13.6. The molecule has 1 aliphatic rings. The second-order valence-electron chi connectivity index (χ2n) is 9.47. The zero-order valence-electron chi connectivity index (χ0n) is 21.5. The molecule has 10 heteroatoms. The van der Waals surface area contributed by atoms with Crippen molar-refractivity contribution in [2.24, 2.45) is 5.92 Å². The van der Waals surface area contributed by atoms with Crippen LogP contribution in [0.5, 0.6) is 11.5 Å². The third kappa shape index (κ3) is 4.41. The van der Waals surface area contributed by atoms with Crippen LogP contribution in [0.1, 0.15) is 63.9 Å². The van der Waals surface area contributed by atoms with Crippen LogP contribution in [0.4, 0.5) is 5.13 Å². The summed E-state index contributed by atoms with van der Waals surface area (Å²) in [6.45, 7) is 7.78. The molecule has 1 amide bonds. The summed E-state index contributed by atoms with van der Waals surface area (Å²) in [5.41, 5.74) is 1.33. The number of thiazole rings is 1. The molecule has 1 atom stereocenters. The fourth-order valence-corrected chi connectivity index (χ4v) is 5.85. The average Bonchev–Trinajstić information content (AvgIpc) is 3.40. The van der Waals surface area contributed by atoms with Crippen molar-refractivity contribution in [3.63, 3.8) is 0 Å². The minimum absolute atomic E-state index is 0.0499. The van der Waals surface area contributed by atoms with Crippen LogP contribution in [0, 0.1) is 12.8 Å². The molecule has 38 heavy (non-hydrogen) atoms. The van der Waals surface area contributed by atoms with E-state index in [1.807, 2.05) is 13.8 Å². The van der Waals surface area contributed by atoms with Gasteiger partial charge in [-0.3, -0.25) is 19.3 Å². The molecule has 0 radical (unpaired) electrons. The molecule has 8 nitrogen and oxygen atoms in total. The van der Waals surface area contributed by atoms with Gasteiger partial charge in [0.25, 0.3) is 5.91 Å². The van der Waals surface area contributed by atoms with Gasteiger partial charge in [0, 0.05) is 11.4 Å². The molecule has 1 unspecified atom stereocenters. The fraction of sp³-hybridized carbons (Fsp3) is 0.286. The minimum Gasteiger partial charge on any atom is -0.493 e. The number of hydrogen-bond acceptors (Lipinski definition) is 8. The van der Waals surface area contributed by atoms with E-state index in [9.17, 15) is 14.4 Å². The number of amides is 1. The standard InChI is InChI=1S/C28H25BrN2O6S/c1-13(2)12-36-20-8-6-16(10-21(20)35-5)23-22-24(33)18-11-17(29)7-9-19(18)37-25(22)27(34)31(23)28-30-14(3)26(38-28)15(4)32/h6-11,13,23H,12H2,1-5H3.